The van der Waals surface area contributed by atoms with Gasteiger partial charge in [0.2, 0.25) is 5.95 Å². The van der Waals surface area contributed by atoms with Gasteiger partial charge in [-0.2, -0.15) is 9.49 Å². The number of aromatic nitrogens is 5. The average Bonchev–Trinajstić information content (AvgIpc) is 3.03. The van der Waals surface area contributed by atoms with Gasteiger partial charge < -0.3 is 5.11 Å². The maximum atomic E-state index is 13.7. The highest BCUT2D eigenvalue weighted by Gasteiger charge is 2.48. The van der Waals surface area contributed by atoms with E-state index in [1.807, 2.05) is 23.9 Å². The third kappa shape index (κ3) is 1.96. The highest BCUT2D eigenvalue weighted by Crippen LogP contribution is 2.49. The van der Waals surface area contributed by atoms with Crippen molar-refractivity contribution in [1.29, 1.82) is 0 Å². The Hall–Kier alpha value is -2.77. The van der Waals surface area contributed by atoms with E-state index < -0.39 is 23.2 Å². The summed E-state index contributed by atoms with van der Waals surface area (Å²) in [5.74, 6) is -2.26. The predicted octanol–water partition coefficient (Wildman–Crippen LogP) is 2.28. The van der Waals surface area contributed by atoms with Crippen LogP contribution in [-0.4, -0.2) is 35.5 Å². The van der Waals surface area contributed by atoms with Crippen LogP contribution >= 0.6 is 0 Å². The van der Waals surface area contributed by atoms with Crippen molar-refractivity contribution in [1.82, 2.24) is 24.4 Å². The minimum Gasteiger partial charge on any atom is -0.481 e. The molecule has 2 aliphatic rings. The first-order valence-electron chi connectivity index (χ1n) is 8.30. The Kier molecular flexibility index (Phi) is 2.71. The highest BCUT2D eigenvalue weighted by molar-refractivity contribution is 5.79. The molecule has 0 amide bonds. The molecular weight excluding hydrogens is 325 g/mol. The number of carboxylic acid groups (broad SMARTS) is 1. The van der Waals surface area contributed by atoms with Crippen molar-refractivity contribution in [3.8, 4) is 0 Å². The summed E-state index contributed by atoms with van der Waals surface area (Å²) >= 11 is 0. The van der Waals surface area contributed by atoms with E-state index in [1.165, 1.54) is 16.8 Å². The van der Waals surface area contributed by atoms with Crippen molar-refractivity contribution in [2.24, 2.45) is 0 Å². The molecule has 0 aromatic carbocycles. The topological polar surface area (TPSA) is 85.3 Å². The molecule has 0 radical (unpaired) electrons. The molecular formula is C17H16FN5O2. The Balaban J connectivity index is 1.75. The summed E-state index contributed by atoms with van der Waals surface area (Å²) in [5, 5.41) is 18.3. The van der Waals surface area contributed by atoms with Crippen LogP contribution in [0.1, 0.15) is 55.1 Å². The lowest BCUT2D eigenvalue weighted by Crippen LogP contribution is -2.25. The first-order valence-corrected chi connectivity index (χ1v) is 8.30. The summed E-state index contributed by atoms with van der Waals surface area (Å²) in [4.78, 5) is 16.0. The Labute approximate surface area is 142 Å². The number of halogens is 1. The van der Waals surface area contributed by atoms with Gasteiger partial charge in [0.05, 0.1) is 28.8 Å². The van der Waals surface area contributed by atoms with E-state index in [2.05, 4.69) is 10.1 Å². The SMILES string of the molecule is CC1(c2ccn(C3CC3)n2)CC(C(=O)O)c2cnc3cc(F)nn3c21. The second-order valence-electron chi connectivity index (χ2n) is 7.14. The van der Waals surface area contributed by atoms with Crippen LogP contribution in [0.4, 0.5) is 4.39 Å². The lowest BCUT2D eigenvalue weighted by Gasteiger charge is -2.23. The van der Waals surface area contributed by atoms with Crippen LogP contribution in [0.15, 0.2) is 24.5 Å². The van der Waals surface area contributed by atoms with Gasteiger partial charge in [-0.3, -0.25) is 9.48 Å². The van der Waals surface area contributed by atoms with Gasteiger partial charge >= 0.3 is 5.97 Å². The molecule has 25 heavy (non-hydrogen) atoms. The molecule has 2 unspecified atom stereocenters. The van der Waals surface area contributed by atoms with E-state index in [9.17, 15) is 14.3 Å². The molecule has 3 aromatic heterocycles. The summed E-state index contributed by atoms with van der Waals surface area (Å²) in [5.41, 5.74) is 1.72. The first-order chi connectivity index (χ1) is 12.0. The van der Waals surface area contributed by atoms with Gasteiger partial charge in [-0.25, -0.2) is 9.50 Å². The molecule has 0 aliphatic heterocycles. The number of hydrogen-bond acceptors (Lipinski definition) is 4. The van der Waals surface area contributed by atoms with Crippen molar-refractivity contribution in [3.05, 3.63) is 47.4 Å². The fourth-order valence-corrected chi connectivity index (χ4v) is 3.96. The maximum absolute atomic E-state index is 13.7. The zero-order valence-electron chi connectivity index (χ0n) is 13.6. The third-order valence-electron chi connectivity index (χ3n) is 5.39. The average molecular weight is 341 g/mol. The van der Waals surface area contributed by atoms with Gasteiger partial charge in [-0.1, -0.05) is 0 Å². The van der Waals surface area contributed by atoms with Crippen LogP contribution in [0.5, 0.6) is 0 Å². The van der Waals surface area contributed by atoms with Gasteiger partial charge in [0, 0.05) is 24.0 Å². The largest absolute Gasteiger partial charge is 0.481 e. The molecule has 0 bridgehead atoms. The van der Waals surface area contributed by atoms with Crippen LogP contribution in [-0.2, 0) is 10.2 Å². The molecule has 2 aliphatic carbocycles. The Morgan fingerprint density at radius 2 is 2.20 bits per heavy atom. The second-order valence-corrected chi connectivity index (χ2v) is 7.14. The molecule has 3 aromatic rings. The van der Waals surface area contributed by atoms with E-state index in [0.717, 1.165) is 18.5 Å². The van der Waals surface area contributed by atoms with E-state index in [4.69, 9.17) is 5.10 Å². The molecule has 0 saturated heterocycles. The van der Waals surface area contributed by atoms with Gasteiger partial charge in [0.15, 0.2) is 5.65 Å². The Bertz CT molecular complexity index is 1020. The smallest absolute Gasteiger partial charge is 0.311 e. The van der Waals surface area contributed by atoms with Gasteiger partial charge in [-0.05, 0) is 32.3 Å². The molecule has 0 spiro atoms. The molecule has 1 N–H and O–H groups in total. The molecule has 8 heteroatoms. The fraction of sp³-hybridized carbons (Fsp3) is 0.412. The standard InChI is InChI=1S/C17H16FN5O2/c1-17(12-4-5-22(20-12)9-2-3-9)7-10(16(24)25)11-8-19-14-6-13(18)21-23(14)15(11)17/h4-6,8-10H,2-3,7H2,1H3,(H,24,25). The van der Waals surface area contributed by atoms with Crippen molar-refractivity contribution in [3.63, 3.8) is 0 Å². The normalized spacial score (nSPS) is 25.4. The van der Waals surface area contributed by atoms with Crippen molar-refractivity contribution >= 4 is 11.6 Å². The van der Waals surface area contributed by atoms with E-state index >= 15 is 0 Å². The minimum atomic E-state index is -0.916. The maximum Gasteiger partial charge on any atom is 0.311 e. The molecule has 3 heterocycles. The lowest BCUT2D eigenvalue weighted by atomic mass is 9.83. The molecule has 1 fully saturated rings. The summed E-state index contributed by atoms with van der Waals surface area (Å²) in [6, 6.07) is 3.61. The number of carboxylic acids is 1. The molecule has 1 saturated carbocycles. The monoisotopic (exact) mass is 341 g/mol. The molecule has 7 nitrogen and oxygen atoms in total. The van der Waals surface area contributed by atoms with Gasteiger partial charge in [0.1, 0.15) is 0 Å². The molecule has 5 rings (SSSR count). The number of hydrogen-bond donors (Lipinski definition) is 1. The Morgan fingerprint density at radius 3 is 2.92 bits per heavy atom. The van der Waals surface area contributed by atoms with E-state index in [-0.39, 0.29) is 0 Å². The quantitative estimate of drug-likeness (QED) is 0.790. The van der Waals surface area contributed by atoms with E-state index in [1.54, 1.807) is 0 Å². The first kappa shape index (κ1) is 14.6. The van der Waals surface area contributed by atoms with Gasteiger partial charge in [-0.15, -0.1) is 5.10 Å². The minimum absolute atomic E-state index is 0.349. The summed E-state index contributed by atoms with van der Waals surface area (Å²) in [7, 11) is 0. The van der Waals surface area contributed by atoms with Crippen molar-refractivity contribution in [2.75, 3.05) is 0 Å². The van der Waals surface area contributed by atoms with Gasteiger partial charge in [0.25, 0.3) is 0 Å². The van der Waals surface area contributed by atoms with Crippen LogP contribution < -0.4 is 0 Å². The number of carbonyl (C=O) groups is 1. The predicted molar refractivity (Wildman–Crippen MR) is 84.9 cm³/mol. The number of rotatable bonds is 3. The zero-order chi connectivity index (χ0) is 17.3. The summed E-state index contributed by atoms with van der Waals surface area (Å²) in [6.45, 7) is 1.95. The van der Waals surface area contributed by atoms with Crippen LogP contribution in [0.3, 0.4) is 0 Å². The van der Waals surface area contributed by atoms with Crippen LogP contribution in [0.2, 0.25) is 0 Å². The number of fused-ring (bicyclic) bond motifs is 3. The molecule has 128 valence electrons. The number of nitrogens with zero attached hydrogens (tertiary/aromatic N) is 5. The zero-order valence-corrected chi connectivity index (χ0v) is 13.6. The third-order valence-corrected chi connectivity index (χ3v) is 5.39. The van der Waals surface area contributed by atoms with Crippen molar-refractivity contribution < 1.29 is 14.3 Å². The summed E-state index contributed by atoms with van der Waals surface area (Å²) in [6.07, 6.45) is 6.05. The molecule has 2 atom stereocenters. The fourth-order valence-electron chi connectivity index (χ4n) is 3.96. The van der Waals surface area contributed by atoms with Crippen LogP contribution in [0, 0.1) is 5.95 Å². The lowest BCUT2D eigenvalue weighted by molar-refractivity contribution is -0.138. The number of aliphatic carboxylic acids is 1. The van der Waals surface area contributed by atoms with Crippen molar-refractivity contribution in [2.45, 2.75) is 43.6 Å². The summed E-state index contributed by atoms with van der Waals surface area (Å²) < 4.78 is 17.1. The second kappa shape index (κ2) is 4.65. The van der Waals surface area contributed by atoms with E-state index in [0.29, 0.717) is 29.4 Å². The Morgan fingerprint density at radius 1 is 1.40 bits per heavy atom. The highest BCUT2D eigenvalue weighted by atomic mass is 19.1. The van der Waals surface area contributed by atoms with Crippen LogP contribution in [0.25, 0.3) is 5.65 Å².